The minimum Gasteiger partial charge on any atom is -0.335 e. The topological polar surface area (TPSA) is 44.6 Å². The second kappa shape index (κ2) is 8.88. The first-order chi connectivity index (χ1) is 13.7. The van der Waals surface area contributed by atoms with Crippen LogP contribution >= 0.6 is 0 Å². The quantitative estimate of drug-likeness (QED) is 0.771. The Balaban J connectivity index is 1.26. The Bertz CT molecular complexity index is 766. The zero-order valence-corrected chi connectivity index (χ0v) is 16.8. The molecule has 1 aromatic carbocycles. The van der Waals surface area contributed by atoms with Gasteiger partial charge >= 0.3 is 0 Å². The van der Waals surface area contributed by atoms with Gasteiger partial charge in [-0.2, -0.15) is 0 Å². The highest BCUT2D eigenvalue weighted by atomic mass is 16.2. The van der Waals surface area contributed by atoms with Crippen molar-refractivity contribution in [2.24, 2.45) is 0 Å². The maximum atomic E-state index is 13.1. The Hall–Kier alpha value is -2.18. The monoisotopic (exact) mass is 381 g/mol. The number of benzene rings is 1. The van der Waals surface area contributed by atoms with Crippen LogP contribution < -0.4 is 4.90 Å². The van der Waals surface area contributed by atoms with Gasteiger partial charge in [-0.3, -0.25) is 9.69 Å². The van der Waals surface area contributed by atoms with Crippen LogP contribution in [0.2, 0.25) is 0 Å². The molecule has 2 aliphatic rings. The van der Waals surface area contributed by atoms with Gasteiger partial charge in [-0.15, -0.1) is 0 Å². The van der Waals surface area contributed by atoms with E-state index in [1.54, 1.807) is 0 Å². The van der Waals surface area contributed by atoms with E-state index in [-0.39, 0.29) is 11.9 Å². The van der Waals surface area contributed by atoms with Crippen molar-refractivity contribution in [2.45, 2.75) is 38.8 Å². The number of para-hydroxylation sites is 1. The Morgan fingerprint density at radius 3 is 2.54 bits per heavy atom. The zero-order chi connectivity index (χ0) is 19.3. The van der Waals surface area contributed by atoms with Crippen molar-refractivity contribution in [3.63, 3.8) is 0 Å². The number of rotatable bonds is 6. The first kappa shape index (κ1) is 19.2. The molecule has 3 heterocycles. The summed E-state index contributed by atoms with van der Waals surface area (Å²) in [5.41, 5.74) is 1.03. The average molecular weight is 382 g/mol. The van der Waals surface area contributed by atoms with Gasteiger partial charge in [0.1, 0.15) is 5.82 Å². The summed E-state index contributed by atoms with van der Waals surface area (Å²) in [6.45, 7) is 9.12. The summed E-state index contributed by atoms with van der Waals surface area (Å²) < 4.78 is 2.22. The molecule has 2 saturated heterocycles. The van der Waals surface area contributed by atoms with Crippen molar-refractivity contribution in [1.29, 1.82) is 0 Å². The molecule has 1 aromatic heterocycles. The van der Waals surface area contributed by atoms with E-state index in [1.807, 2.05) is 41.4 Å². The summed E-state index contributed by atoms with van der Waals surface area (Å²) in [4.78, 5) is 24.3. The Morgan fingerprint density at radius 2 is 1.82 bits per heavy atom. The summed E-state index contributed by atoms with van der Waals surface area (Å²) in [5, 5.41) is 0. The lowest BCUT2D eigenvalue weighted by Crippen LogP contribution is -2.57. The molecular formula is C22H31N5O. The van der Waals surface area contributed by atoms with Crippen molar-refractivity contribution >= 4 is 11.6 Å². The molecule has 150 valence electrons. The van der Waals surface area contributed by atoms with Gasteiger partial charge in [0.25, 0.3) is 0 Å². The van der Waals surface area contributed by atoms with E-state index in [2.05, 4.69) is 32.5 Å². The molecule has 2 fully saturated rings. The van der Waals surface area contributed by atoms with Gasteiger partial charge < -0.3 is 14.4 Å². The molecule has 6 heteroatoms. The molecule has 0 bridgehead atoms. The van der Waals surface area contributed by atoms with Gasteiger partial charge in [0.15, 0.2) is 0 Å². The van der Waals surface area contributed by atoms with Gasteiger partial charge in [0.2, 0.25) is 5.91 Å². The molecule has 1 unspecified atom stereocenters. The number of amides is 1. The molecule has 2 aliphatic heterocycles. The van der Waals surface area contributed by atoms with Crippen molar-refractivity contribution in [3.8, 4) is 0 Å². The molecule has 0 N–H and O–H groups in total. The van der Waals surface area contributed by atoms with E-state index >= 15 is 0 Å². The van der Waals surface area contributed by atoms with E-state index < -0.39 is 0 Å². The number of imidazole rings is 1. The van der Waals surface area contributed by atoms with Crippen LogP contribution in [0.5, 0.6) is 0 Å². The van der Waals surface area contributed by atoms with Crippen molar-refractivity contribution in [2.75, 3.05) is 44.2 Å². The normalized spacial score (nSPS) is 22.0. The highest BCUT2D eigenvalue weighted by Crippen LogP contribution is 2.24. The number of hydrogen-bond donors (Lipinski definition) is 0. The highest BCUT2D eigenvalue weighted by Gasteiger charge is 2.35. The minimum atomic E-state index is 0.0460. The average Bonchev–Trinajstić information content (AvgIpc) is 3.14. The van der Waals surface area contributed by atoms with Crippen LogP contribution in [0.3, 0.4) is 0 Å². The van der Waals surface area contributed by atoms with E-state index in [9.17, 15) is 4.79 Å². The number of carbonyl (C=O) groups is 1. The first-order valence-corrected chi connectivity index (χ1v) is 10.5. The molecule has 1 atom stereocenters. The van der Waals surface area contributed by atoms with Gasteiger partial charge in [0.05, 0.1) is 6.04 Å². The van der Waals surface area contributed by atoms with Gasteiger partial charge in [-0.05, 0) is 44.9 Å². The molecule has 0 aliphatic carbocycles. The first-order valence-electron chi connectivity index (χ1n) is 10.5. The number of aromatic nitrogens is 2. The fraction of sp³-hybridized carbons (Fsp3) is 0.545. The number of piperazine rings is 1. The van der Waals surface area contributed by atoms with Crippen LogP contribution in [0.4, 0.5) is 5.69 Å². The fourth-order valence-corrected chi connectivity index (χ4v) is 4.46. The standard InChI is InChI=1S/C22H31N5O/c1-19-23-10-14-25(19)12-6-11-24-15-17-26(18-16-24)21-9-5-13-27(22(21)28)20-7-3-2-4-8-20/h2-4,7-8,10,14,21H,5-6,9,11-13,15-18H2,1H3. The number of hydrogen-bond acceptors (Lipinski definition) is 4. The zero-order valence-electron chi connectivity index (χ0n) is 16.8. The third-order valence-corrected chi connectivity index (χ3v) is 6.12. The summed E-state index contributed by atoms with van der Waals surface area (Å²) in [6, 6.07) is 10.2. The number of aryl methyl sites for hydroxylation is 2. The lowest BCUT2D eigenvalue weighted by atomic mass is 10.0. The maximum absolute atomic E-state index is 13.1. The van der Waals surface area contributed by atoms with E-state index in [0.29, 0.717) is 0 Å². The predicted octanol–water partition coefficient (Wildman–Crippen LogP) is 2.39. The van der Waals surface area contributed by atoms with E-state index in [0.717, 1.165) is 76.6 Å². The summed E-state index contributed by atoms with van der Waals surface area (Å²) >= 11 is 0. The smallest absolute Gasteiger partial charge is 0.244 e. The van der Waals surface area contributed by atoms with Crippen molar-refractivity contribution < 1.29 is 4.79 Å². The molecular weight excluding hydrogens is 350 g/mol. The SMILES string of the molecule is Cc1nccn1CCCN1CCN(C2CCCN(c3ccccc3)C2=O)CC1. The number of carbonyl (C=O) groups excluding carboxylic acids is 1. The number of anilines is 1. The molecule has 6 nitrogen and oxygen atoms in total. The Kier molecular flexibility index (Phi) is 6.07. The molecule has 28 heavy (non-hydrogen) atoms. The van der Waals surface area contributed by atoms with Crippen molar-refractivity contribution in [1.82, 2.24) is 19.4 Å². The Morgan fingerprint density at radius 1 is 1.04 bits per heavy atom. The van der Waals surface area contributed by atoms with Crippen LogP contribution in [0, 0.1) is 6.92 Å². The van der Waals surface area contributed by atoms with Crippen LogP contribution in [-0.4, -0.2) is 70.6 Å². The van der Waals surface area contributed by atoms with Crippen LogP contribution in [0.15, 0.2) is 42.7 Å². The summed E-state index contributed by atoms with van der Waals surface area (Å²) in [6.07, 6.45) is 7.13. The number of piperidine rings is 1. The lowest BCUT2D eigenvalue weighted by molar-refractivity contribution is -0.126. The summed E-state index contributed by atoms with van der Waals surface area (Å²) in [7, 11) is 0. The lowest BCUT2D eigenvalue weighted by Gasteiger charge is -2.42. The van der Waals surface area contributed by atoms with E-state index in [1.165, 1.54) is 0 Å². The van der Waals surface area contributed by atoms with Crippen LogP contribution in [0.1, 0.15) is 25.1 Å². The second-order valence-corrected chi connectivity index (χ2v) is 7.88. The third kappa shape index (κ3) is 4.28. The van der Waals surface area contributed by atoms with Gasteiger partial charge in [-0.1, -0.05) is 18.2 Å². The highest BCUT2D eigenvalue weighted by molar-refractivity contribution is 5.97. The van der Waals surface area contributed by atoms with Crippen LogP contribution in [-0.2, 0) is 11.3 Å². The summed E-state index contributed by atoms with van der Waals surface area (Å²) in [5.74, 6) is 1.37. The fourth-order valence-electron chi connectivity index (χ4n) is 4.46. The minimum absolute atomic E-state index is 0.0460. The predicted molar refractivity (Wildman–Crippen MR) is 111 cm³/mol. The molecule has 1 amide bonds. The number of nitrogens with zero attached hydrogens (tertiary/aromatic N) is 5. The molecule has 0 spiro atoms. The second-order valence-electron chi connectivity index (χ2n) is 7.88. The Labute approximate surface area is 167 Å². The van der Waals surface area contributed by atoms with Gasteiger partial charge in [0, 0.05) is 57.3 Å². The third-order valence-electron chi connectivity index (χ3n) is 6.12. The van der Waals surface area contributed by atoms with Crippen molar-refractivity contribution in [3.05, 3.63) is 48.5 Å². The van der Waals surface area contributed by atoms with E-state index in [4.69, 9.17) is 0 Å². The molecule has 4 rings (SSSR count). The molecule has 2 aromatic rings. The maximum Gasteiger partial charge on any atom is 0.244 e. The van der Waals surface area contributed by atoms with Crippen LogP contribution in [0.25, 0.3) is 0 Å². The molecule has 0 saturated carbocycles. The molecule has 0 radical (unpaired) electrons. The van der Waals surface area contributed by atoms with Gasteiger partial charge in [-0.25, -0.2) is 4.98 Å². The largest absolute Gasteiger partial charge is 0.335 e.